The first-order valence-corrected chi connectivity index (χ1v) is 7.54. The van der Waals surface area contributed by atoms with E-state index in [0.717, 1.165) is 22.5 Å². The second-order valence-electron chi connectivity index (χ2n) is 5.10. The van der Waals surface area contributed by atoms with Gasteiger partial charge in [-0.2, -0.15) is 0 Å². The Morgan fingerprint density at radius 2 is 2.20 bits per heavy atom. The molecule has 20 heavy (non-hydrogen) atoms. The molecule has 2 rings (SSSR count). The van der Waals surface area contributed by atoms with Crippen molar-refractivity contribution in [1.29, 1.82) is 0 Å². The fourth-order valence-electron chi connectivity index (χ4n) is 2.01. The lowest BCUT2D eigenvalue weighted by Crippen LogP contribution is -2.29. The monoisotopic (exact) mass is 293 g/mol. The highest BCUT2D eigenvalue weighted by molar-refractivity contribution is 7.18. The Kier molecular flexibility index (Phi) is 4.54. The summed E-state index contributed by atoms with van der Waals surface area (Å²) in [5.74, 6) is 0.132. The fraction of sp³-hybridized carbons (Fsp3) is 0.500. The van der Waals surface area contributed by atoms with Crippen LogP contribution in [0.5, 0.6) is 0 Å². The van der Waals surface area contributed by atoms with E-state index in [-0.39, 0.29) is 18.4 Å². The van der Waals surface area contributed by atoms with Gasteiger partial charge in [0.25, 0.3) is 0 Å². The molecule has 0 aliphatic heterocycles. The van der Waals surface area contributed by atoms with Crippen LogP contribution in [0.4, 0.5) is 5.82 Å². The average Bonchev–Trinajstić information content (AvgIpc) is 2.81. The van der Waals surface area contributed by atoms with E-state index in [9.17, 15) is 4.79 Å². The summed E-state index contributed by atoms with van der Waals surface area (Å²) >= 11 is 1.65. The summed E-state index contributed by atoms with van der Waals surface area (Å²) in [6.45, 7) is 6.11. The van der Waals surface area contributed by atoms with Gasteiger partial charge in [-0.1, -0.05) is 20.8 Å². The topological polar surface area (TPSA) is 75.1 Å². The number of anilines is 1. The summed E-state index contributed by atoms with van der Waals surface area (Å²) < 4.78 is 0. The van der Waals surface area contributed by atoms with E-state index >= 15 is 0 Å². The second-order valence-corrected chi connectivity index (χ2v) is 6.22. The van der Waals surface area contributed by atoms with Crippen LogP contribution in [0, 0.1) is 5.92 Å². The van der Waals surface area contributed by atoms with Crippen LogP contribution < -0.4 is 5.32 Å². The molecule has 1 unspecified atom stereocenters. The molecule has 0 saturated carbocycles. The Morgan fingerprint density at radius 3 is 2.80 bits per heavy atom. The zero-order valence-corrected chi connectivity index (χ0v) is 12.7. The number of carboxylic acids is 1. The number of carboxylic acid groups (broad SMARTS) is 1. The van der Waals surface area contributed by atoms with E-state index in [0.29, 0.717) is 0 Å². The van der Waals surface area contributed by atoms with Gasteiger partial charge in [-0.05, 0) is 18.4 Å². The number of carbonyl (C=O) groups is 1. The van der Waals surface area contributed by atoms with Gasteiger partial charge in [0.05, 0.1) is 11.8 Å². The third kappa shape index (κ3) is 3.25. The summed E-state index contributed by atoms with van der Waals surface area (Å²) in [7, 11) is 0. The van der Waals surface area contributed by atoms with E-state index < -0.39 is 5.97 Å². The number of aliphatic carboxylic acids is 1. The lowest BCUT2D eigenvalue weighted by Gasteiger charge is -2.21. The molecule has 2 aromatic heterocycles. The fourth-order valence-corrected chi connectivity index (χ4v) is 2.95. The molecular formula is C14H19N3O2S. The molecule has 6 heteroatoms. The molecule has 5 nitrogen and oxygen atoms in total. The smallest absolute Gasteiger partial charge is 0.305 e. The molecule has 2 aromatic rings. The number of rotatable bonds is 6. The van der Waals surface area contributed by atoms with Gasteiger partial charge >= 0.3 is 5.97 Å². The molecule has 2 heterocycles. The predicted octanol–water partition coefficient (Wildman–Crippen LogP) is 3.16. The number of fused-ring (bicyclic) bond motifs is 1. The van der Waals surface area contributed by atoms with E-state index in [1.165, 1.54) is 11.2 Å². The molecule has 0 amide bonds. The van der Waals surface area contributed by atoms with E-state index in [2.05, 4.69) is 28.3 Å². The van der Waals surface area contributed by atoms with Crippen LogP contribution in [0.1, 0.15) is 32.1 Å². The van der Waals surface area contributed by atoms with Gasteiger partial charge in [-0.3, -0.25) is 4.79 Å². The lowest BCUT2D eigenvalue weighted by molar-refractivity contribution is -0.137. The Hall–Kier alpha value is -1.69. The predicted molar refractivity (Wildman–Crippen MR) is 81.3 cm³/mol. The lowest BCUT2D eigenvalue weighted by atomic mass is 10.0. The Morgan fingerprint density at radius 1 is 1.45 bits per heavy atom. The van der Waals surface area contributed by atoms with E-state index in [4.69, 9.17) is 5.11 Å². The first-order valence-electron chi connectivity index (χ1n) is 6.73. The first kappa shape index (κ1) is 14.7. The van der Waals surface area contributed by atoms with Crippen molar-refractivity contribution in [2.75, 3.05) is 5.32 Å². The van der Waals surface area contributed by atoms with Crippen molar-refractivity contribution >= 4 is 33.3 Å². The van der Waals surface area contributed by atoms with Crippen LogP contribution >= 0.6 is 11.3 Å². The van der Waals surface area contributed by atoms with Crippen molar-refractivity contribution in [2.24, 2.45) is 5.92 Å². The van der Waals surface area contributed by atoms with Crippen molar-refractivity contribution in [2.45, 2.75) is 39.7 Å². The molecule has 0 aromatic carbocycles. The number of hydrogen-bond donors (Lipinski definition) is 2. The number of aryl methyl sites for hydroxylation is 1. The number of aromatic nitrogens is 2. The molecule has 0 aliphatic carbocycles. The average molecular weight is 293 g/mol. The molecular weight excluding hydrogens is 274 g/mol. The highest BCUT2D eigenvalue weighted by atomic mass is 32.1. The van der Waals surface area contributed by atoms with Gasteiger partial charge in [-0.15, -0.1) is 11.3 Å². The molecule has 0 aliphatic rings. The maximum absolute atomic E-state index is 10.9. The Bertz CT molecular complexity index is 609. The van der Waals surface area contributed by atoms with Gasteiger partial charge in [0.2, 0.25) is 0 Å². The Balaban J connectivity index is 2.31. The maximum Gasteiger partial charge on any atom is 0.305 e. The van der Waals surface area contributed by atoms with Crippen LogP contribution in [0.25, 0.3) is 10.2 Å². The van der Waals surface area contributed by atoms with Gasteiger partial charge in [0.15, 0.2) is 0 Å². The molecule has 0 bridgehead atoms. The summed E-state index contributed by atoms with van der Waals surface area (Å²) in [5.41, 5.74) is 0. The minimum atomic E-state index is -0.805. The SMILES string of the molecule is CCc1cc2c(NC(CC(=O)O)C(C)C)ncnc2s1. The van der Waals surface area contributed by atoms with Crippen LogP contribution in [0.3, 0.4) is 0 Å². The van der Waals surface area contributed by atoms with Gasteiger partial charge in [-0.25, -0.2) is 9.97 Å². The van der Waals surface area contributed by atoms with Crippen molar-refractivity contribution in [3.63, 3.8) is 0 Å². The summed E-state index contributed by atoms with van der Waals surface area (Å²) in [6, 6.07) is 1.94. The van der Waals surface area contributed by atoms with Crippen molar-refractivity contribution in [1.82, 2.24) is 9.97 Å². The summed E-state index contributed by atoms with van der Waals surface area (Å²) in [6.07, 6.45) is 2.57. The largest absolute Gasteiger partial charge is 0.481 e. The number of nitrogens with zero attached hydrogens (tertiary/aromatic N) is 2. The second kappa shape index (κ2) is 6.17. The third-order valence-electron chi connectivity index (χ3n) is 3.25. The molecule has 2 N–H and O–H groups in total. The van der Waals surface area contributed by atoms with Crippen molar-refractivity contribution in [3.8, 4) is 0 Å². The van der Waals surface area contributed by atoms with E-state index in [1.807, 2.05) is 13.8 Å². The van der Waals surface area contributed by atoms with Crippen LogP contribution in [-0.2, 0) is 11.2 Å². The zero-order chi connectivity index (χ0) is 14.7. The number of nitrogens with one attached hydrogen (secondary N) is 1. The maximum atomic E-state index is 10.9. The van der Waals surface area contributed by atoms with Gasteiger partial charge < -0.3 is 10.4 Å². The summed E-state index contributed by atoms with van der Waals surface area (Å²) in [4.78, 5) is 21.7. The molecule has 0 radical (unpaired) electrons. The van der Waals surface area contributed by atoms with Crippen LogP contribution in [0.15, 0.2) is 12.4 Å². The van der Waals surface area contributed by atoms with Crippen molar-refractivity contribution < 1.29 is 9.90 Å². The molecule has 0 spiro atoms. The minimum Gasteiger partial charge on any atom is -0.481 e. The highest BCUT2D eigenvalue weighted by Crippen LogP contribution is 2.29. The quantitative estimate of drug-likeness (QED) is 0.855. The van der Waals surface area contributed by atoms with E-state index in [1.54, 1.807) is 11.3 Å². The molecule has 0 fully saturated rings. The van der Waals surface area contributed by atoms with Gasteiger partial charge in [0.1, 0.15) is 17.0 Å². The standard InChI is InChI=1S/C14H19N3O2S/c1-4-9-5-10-13(15-7-16-14(10)20-9)17-11(8(2)3)6-12(18)19/h5,7-8,11H,4,6H2,1-3H3,(H,18,19)(H,15,16,17). The molecule has 0 saturated heterocycles. The normalized spacial score (nSPS) is 12.8. The van der Waals surface area contributed by atoms with Gasteiger partial charge in [0, 0.05) is 10.9 Å². The summed E-state index contributed by atoms with van der Waals surface area (Å²) in [5, 5.41) is 13.2. The Labute approximate surface area is 122 Å². The van der Waals surface area contributed by atoms with Crippen LogP contribution in [0.2, 0.25) is 0 Å². The van der Waals surface area contributed by atoms with Crippen LogP contribution in [-0.4, -0.2) is 27.1 Å². The van der Waals surface area contributed by atoms with Crippen molar-refractivity contribution in [3.05, 3.63) is 17.3 Å². The minimum absolute atomic E-state index is 0.0773. The number of hydrogen-bond acceptors (Lipinski definition) is 5. The number of thiophene rings is 1. The highest BCUT2D eigenvalue weighted by Gasteiger charge is 2.19. The third-order valence-corrected chi connectivity index (χ3v) is 4.44. The first-order chi connectivity index (χ1) is 9.51. The zero-order valence-electron chi connectivity index (χ0n) is 11.9. The molecule has 1 atom stereocenters. The molecule has 108 valence electrons.